The van der Waals surface area contributed by atoms with E-state index in [1.54, 1.807) is 0 Å². The number of halogens is 2. The first-order valence-corrected chi connectivity index (χ1v) is 7.53. The molecule has 1 aromatic rings. The van der Waals surface area contributed by atoms with E-state index in [1.165, 1.54) is 0 Å². The maximum absolute atomic E-state index is 13.3. The van der Waals surface area contributed by atoms with Gasteiger partial charge in [-0.25, -0.2) is 8.78 Å². The molecule has 1 N–H and O–H groups in total. The number of likely N-dealkylation sites (N-methyl/N-ethyl adjacent to an activating group) is 1. The largest absolute Gasteiger partial charge is 0.314 e. The highest BCUT2D eigenvalue weighted by Crippen LogP contribution is 2.37. The van der Waals surface area contributed by atoms with Gasteiger partial charge in [-0.05, 0) is 43.9 Å². The molecule has 1 aliphatic carbocycles. The molecule has 1 unspecified atom stereocenters. The van der Waals surface area contributed by atoms with Crippen LogP contribution in [0.3, 0.4) is 0 Å². The highest BCUT2D eigenvalue weighted by atomic mass is 19.3. The summed E-state index contributed by atoms with van der Waals surface area (Å²) in [6.07, 6.45) is 3.96. The lowest BCUT2D eigenvalue weighted by atomic mass is 9.80. The van der Waals surface area contributed by atoms with Gasteiger partial charge < -0.3 is 5.32 Å². The average molecular weight is 282 g/mol. The summed E-state index contributed by atoms with van der Waals surface area (Å²) in [6.45, 7) is 4.94. The minimum atomic E-state index is -2.45. The van der Waals surface area contributed by atoms with Gasteiger partial charge >= 0.3 is 0 Å². The van der Waals surface area contributed by atoms with Crippen LogP contribution < -0.4 is 5.32 Å². The van der Waals surface area contributed by atoms with Crippen LogP contribution in [0.4, 0.5) is 8.78 Å². The molecule has 4 heteroatoms. The fourth-order valence-corrected chi connectivity index (χ4v) is 2.98. The van der Waals surface area contributed by atoms with Gasteiger partial charge in [-0.1, -0.05) is 13.0 Å². The molecular formula is C16H24F2N2. The lowest BCUT2D eigenvalue weighted by Gasteiger charge is -2.34. The van der Waals surface area contributed by atoms with Crippen LogP contribution in [0.25, 0.3) is 0 Å². The van der Waals surface area contributed by atoms with Crippen molar-refractivity contribution in [2.75, 3.05) is 6.54 Å². The summed E-state index contributed by atoms with van der Waals surface area (Å²) in [5.41, 5.74) is 2.19. The quantitative estimate of drug-likeness (QED) is 0.890. The topological polar surface area (TPSA) is 24.9 Å². The molecule has 0 bridgehead atoms. The van der Waals surface area contributed by atoms with Crippen molar-refractivity contribution >= 4 is 0 Å². The van der Waals surface area contributed by atoms with Gasteiger partial charge in [0, 0.05) is 37.2 Å². The first-order valence-electron chi connectivity index (χ1n) is 7.53. The van der Waals surface area contributed by atoms with E-state index in [0.29, 0.717) is 18.8 Å². The molecular weight excluding hydrogens is 258 g/mol. The third kappa shape index (κ3) is 4.23. The Balaban J connectivity index is 1.98. The molecule has 1 atom stereocenters. The van der Waals surface area contributed by atoms with Gasteiger partial charge in [0.1, 0.15) is 0 Å². The number of alkyl halides is 2. The van der Waals surface area contributed by atoms with E-state index in [-0.39, 0.29) is 18.9 Å². The lowest BCUT2D eigenvalue weighted by Crippen LogP contribution is -2.41. The van der Waals surface area contributed by atoms with E-state index in [1.807, 2.05) is 19.2 Å². The number of aromatic nitrogens is 1. The van der Waals surface area contributed by atoms with E-state index in [2.05, 4.69) is 23.3 Å². The average Bonchev–Trinajstić information content (AvgIpc) is 2.41. The summed E-state index contributed by atoms with van der Waals surface area (Å²) in [6, 6.07) is 4.35. The molecule has 1 aliphatic rings. The monoisotopic (exact) mass is 282 g/mol. The van der Waals surface area contributed by atoms with Gasteiger partial charge in [-0.15, -0.1) is 0 Å². The molecule has 0 spiro atoms. The molecule has 2 nitrogen and oxygen atoms in total. The zero-order valence-electron chi connectivity index (χ0n) is 12.3. The third-order valence-electron chi connectivity index (χ3n) is 4.20. The molecule has 2 rings (SSSR count). The Kier molecular flexibility index (Phi) is 5.08. The number of hydrogen-bond acceptors (Lipinski definition) is 2. The predicted molar refractivity (Wildman–Crippen MR) is 77.0 cm³/mol. The summed E-state index contributed by atoms with van der Waals surface area (Å²) < 4.78 is 26.5. The van der Waals surface area contributed by atoms with E-state index in [9.17, 15) is 8.78 Å². The second-order valence-electron chi connectivity index (χ2n) is 5.89. The van der Waals surface area contributed by atoms with E-state index in [0.717, 1.165) is 24.2 Å². The van der Waals surface area contributed by atoms with Crippen LogP contribution in [-0.4, -0.2) is 23.5 Å². The maximum Gasteiger partial charge on any atom is 0.248 e. The van der Waals surface area contributed by atoms with Crippen molar-refractivity contribution in [1.82, 2.24) is 10.3 Å². The number of nitrogens with zero attached hydrogens (tertiary/aromatic N) is 1. The Morgan fingerprint density at radius 1 is 1.35 bits per heavy atom. The predicted octanol–water partition coefficient (Wildman–Crippen LogP) is 3.74. The van der Waals surface area contributed by atoms with Crippen LogP contribution in [0, 0.1) is 12.8 Å². The fourth-order valence-electron chi connectivity index (χ4n) is 2.98. The van der Waals surface area contributed by atoms with Gasteiger partial charge in [0.2, 0.25) is 5.92 Å². The second kappa shape index (κ2) is 6.61. The van der Waals surface area contributed by atoms with Crippen molar-refractivity contribution in [3.05, 3.63) is 29.6 Å². The molecule has 0 saturated heterocycles. The molecule has 0 aliphatic heterocycles. The highest BCUT2D eigenvalue weighted by molar-refractivity contribution is 5.13. The summed E-state index contributed by atoms with van der Waals surface area (Å²) in [5.74, 6) is -2.12. The normalized spacial score (nSPS) is 20.8. The Labute approximate surface area is 120 Å². The number of hydrogen-bond donors (Lipinski definition) is 1. The van der Waals surface area contributed by atoms with Crippen LogP contribution in [-0.2, 0) is 6.42 Å². The molecule has 1 heterocycles. The van der Waals surface area contributed by atoms with Crippen LogP contribution >= 0.6 is 0 Å². The van der Waals surface area contributed by atoms with Crippen LogP contribution in [0.2, 0.25) is 0 Å². The van der Waals surface area contributed by atoms with Gasteiger partial charge in [0.15, 0.2) is 0 Å². The summed E-state index contributed by atoms with van der Waals surface area (Å²) in [5, 5.41) is 3.46. The first kappa shape index (κ1) is 15.4. The molecule has 0 radical (unpaired) electrons. The summed E-state index contributed by atoms with van der Waals surface area (Å²) >= 11 is 0. The van der Waals surface area contributed by atoms with Gasteiger partial charge in [-0.3, -0.25) is 4.98 Å². The number of pyridine rings is 1. The number of rotatable bonds is 5. The minimum Gasteiger partial charge on any atom is -0.314 e. The third-order valence-corrected chi connectivity index (χ3v) is 4.20. The summed E-state index contributed by atoms with van der Waals surface area (Å²) in [4.78, 5) is 4.44. The SMILES string of the molecule is CCNC(Cc1ccc(C)cn1)C1CCC(F)(F)CC1. The molecule has 0 aromatic carbocycles. The zero-order valence-corrected chi connectivity index (χ0v) is 12.3. The van der Waals surface area contributed by atoms with Crippen LogP contribution in [0.5, 0.6) is 0 Å². The Morgan fingerprint density at radius 2 is 2.05 bits per heavy atom. The molecule has 112 valence electrons. The van der Waals surface area contributed by atoms with Crippen LogP contribution in [0.1, 0.15) is 43.9 Å². The number of nitrogens with one attached hydrogen (secondary N) is 1. The fraction of sp³-hybridized carbons (Fsp3) is 0.688. The summed E-state index contributed by atoms with van der Waals surface area (Å²) in [7, 11) is 0. The van der Waals surface area contributed by atoms with E-state index < -0.39 is 5.92 Å². The van der Waals surface area contributed by atoms with Crippen molar-refractivity contribution < 1.29 is 8.78 Å². The van der Waals surface area contributed by atoms with Crippen molar-refractivity contribution in [1.29, 1.82) is 0 Å². The minimum absolute atomic E-state index is 0.0287. The maximum atomic E-state index is 13.3. The molecule has 0 amide bonds. The van der Waals surface area contributed by atoms with E-state index >= 15 is 0 Å². The standard InChI is InChI=1S/C16H24F2N2/c1-3-19-15(10-14-5-4-12(2)11-20-14)13-6-8-16(17,18)9-7-13/h4-5,11,13,15,19H,3,6-10H2,1-2H3. The van der Waals surface area contributed by atoms with Crippen molar-refractivity contribution in [3.8, 4) is 0 Å². The van der Waals surface area contributed by atoms with Crippen molar-refractivity contribution in [2.45, 2.75) is 57.9 Å². The lowest BCUT2D eigenvalue weighted by molar-refractivity contribution is -0.0495. The van der Waals surface area contributed by atoms with Gasteiger partial charge in [0.05, 0.1) is 0 Å². The van der Waals surface area contributed by atoms with Crippen molar-refractivity contribution in [3.63, 3.8) is 0 Å². The highest BCUT2D eigenvalue weighted by Gasteiger charge is 2.37. The molecule has 1 fully saturated rings. The molecule has 1 saturated carbocycles. The zero-order chi connectivity index (χ0) is 14.6. The van der Waals surface area contributed by atoms with Gasteiger partial charge in [-0.2, -0.15) is 0 Å². The Hall–Kier alpha value is -1.03. The van der Waals surface area contributed by atoms with E-state index in [4.69, 9.17) is 0 Å². The van der Waals surface area contributed by atoms with Crippen LogP contribution in [0.15, 0.2) is 18.3 Å². The number of aryl methyl sites for hydroxylation is 1. The molecule has 1 aromatic heterocycles. The Bertz CT molecular complexity index is 407. The second-order valence-corrected chi connectivity index (χ2v) is 5.89. The molecule has 20 heavy (non-hydrogen) atoms. The smallest absolute Gasteiger partial charge is 0.248 e. The Morgan fingerprint density at radius 3 is 2.60 bits per heavy atom. The van der Waals surface area contributed by atoms with Gasteiger partial charge in [0.25, 0.3) is 0 Å². The first-order chi connectivity index (χ1) is 9.50. The van der Waals surface area contributed by atoms with Crippen molar-refractivity contribution in [2.24, 2.45) is 5.92 Å².